The molecule has 3 unspecified atom stereocenters. The SMILES string of the molecule is CC(Cc1ccc(OCc2nc3ccc(O[C@@H]4OC(C(=O)O)[C@@H](O)[C@@H](O)C4O)cc3n2C)cc1)C(N)=O. The first-order chi connectivity index (χ1) is 17.5. The van der Waals surface area contributed by atoms with Crippen LogP contribution >= 0.6 is 0 Å². The summed E-state index contributed by atoms with van der Waals surface area (Å²) < 4.78 is 18.4. The van der Waals surface area contributed by atoms with Gasteiger partial charge in [-0.05, 0) is 36.2 Å². The molecule has 3 aromatic rings. The third-order valence-corrected chi connectivity index (χ3v) is 6.33. The lowest BCUT2D eigenvalue weighted by molar-refractivity contribution is -0.271. The first-order valence-corrected chi connectivity index (χ1v) is 11.6. The van der Waals surface area contributed by atoms with E-state index in [4.69, 9.17) is 19.9 Å². The Labute approximate surface area is 211 Å². The van der Waals surface area contributed by atoms with Crippen molar-refractivity contribution < 1.29 is 44.2 Å². The summed E-state index contributed by atoms with van der Waals surface area (Å²) in [5, 5.41) is 39.2. The van der Waals surface area contributed by atoms with Crippen LogP contribution in [-0.2, 0) is 34.4 Å². The average molecular weight is 516 g/mol. The minimum absolute atomic E-state index is 0.174. The Kier molecular flexibility index (Phi) is 7.64. The first-order valence-electron chi connectivity index (χ1n) is 11.6. The van der Waals surface area contributed by atoms with Crippen molar-refractivity contribution in [2.45, 2.75) is 50.7 Å². The molecule has 6 atom stereocenters. The van der Waals surface area contributed by atoms with Crippen LogP contribution in [0, 0.1) is 5.92 Å². The Morgan fingerprint density at radius 2 is 1.76 bits per heavy atom. The minimum Gasteiger partial charge on any atom is -0.486 e. The van der Waals surface area contributed by atoms with E-state index in [0.29, 0.717) is 29.0 Å². The highest BCUT2D eigenvalue weighted by atomic mass is 16.7. The fourth-order valence-corrected chi connectivity index (χ4v) is 4.03. The molecule has 0 saturated carbocycles. The largest absolute Gasteiger partial charge is 0.486 e. The van der Waals surface area contributed by atoms with E-state index in [1.807, 2.05) is 24.3 Å². The molecule has 1 amide bonds. The summed E-state index contributed by atoms with van der Waals surface area (Å²) >= 11 is 0. The number of aliphatic hydroxyl groups is 3. The molecule has 0 bridgehead atoms. The number of hydrogen-bond donors (Lipinski definition) is 5. The molecule has 1 saturated heterocycles. The number of fused-ring (bicyclic) bond motifs is 1. The Morgan fingerprint density at radius 3 is 2.41 bits per heavy atom. The van der Waals surface area contributed by atoms with Gasteiger partial charge in [0.1, 0.15) is 42.2 Å². The summed E-state index contributed by atoms with van der Waals surface area (Å²) in [6, 6.07) is 12.2. The van der Waals surface area contributed by atoms with Crippen LogP contribution in [0.25, 0.3) is 11.0 Å². The van der Waals surface area contributed by atoms with Crippen LogP contribution in [0.2, 0.25) is 0 Å². The maximum Gasteiger partial charge on any atom is 0.335 e. The molecule has 1 aliphatic heterocycles. The molecule has 2 aromatic carbocycles. The quantitative estimate of drug-likeness (QED) is 0.261. The molecule has 2 heterocycles. The van der Waals surface area contributed by atoms with E-state index in [1.165, 1.54) is 0 Å². The van der Waals surface area contributed by atoms with Crippen LogP contribution in [0.15, 0.2) is 42.5 Å². The fourth-order valence-electron chi connectivity index (χ4n) is 4.03. The predicted molar refractivity (Wildman–Crippen MR) is 128 cm³/mol. The monoisotopic (exact) mass is 515 g/mol. The van der Waals surface area contributed by atoms with Crippen LogP contribution in [0.3, 0.4) is 0 Å². The number of imidazole rings is 1. The number of rotatable bonds is 9. The van der Waals surface area contributed by atoms with Crippen LogP contribution in [0.4, 0.5) is 0 Å². The van der Waals surface area contributed by atoms with Crippen molar-refractivity contribution in [2.24, 2.45) is 18.7 Å². The highest BCUT2D eigenvalue weighted by molar-refractivity contribution is 5.78. The summed E-state index contributed by atoms with van der Waals surface area (Å²) in [5.74, 6) is -0.613. The molecule has 1 aliphatic rings. The number of benzene rings is 2. The van der Waals surface area contributed by atoms with Gasteiger partial charge < -0.3 is 44.9 Å². The van der Waals surface area contributed by atoms with Crippen LogP contribution < -0.4 is 15.2 Å². The lowest BCUT2D eigenvalue weighted by Crippen LogP contribution is -2.61. The smallest absolute Gasteiger partial charge is 0.335 e. The number of aliphatic carboxylic acids is 1. The van der Waals surface area contributed by atoms with E-state index >= 15 is 0 Å². The maximum absolute atomic E-state index is 11.3. The second-order valence-electron chi connectivity index (χ2n) is 9.03. The van der Waals surface area contributed by atoms with Crippen molar-refractivity contribution in [1.29, 1.82) is 0 Å². The van der Waals surface area contributed by atoms with Crippen molar-refractivity contribution in [3.8, 4) is 11.5 Å². The summed E-state index contributed by atoms with van der Waals surface area (Å²) in [5.41, 5.74) is 7.61. The van der Waals surface area contributed by atoms with Crippen molar-refractivity contribution in [2.75, 3.05) is 0 Å². The fraction of sp³-hybridized carbons (Fsp3) is 0.400. The number of primary amides is 1. The zero-order valence-electron chi connectivity index (χ0n) is 20.2. The summed E-state index contributed by atoms with van der Waals surface area (Å²) in [6.45, 7) is 1.95. The van der Waals surface area contributed by atoms with Gasteiger partial charge in [0.25, 0.3) is 0 Å². The van der Waals surface area contributed by atoms with Gasteiger partial charge in [-0.3, -0.25) is 4.79 Å². The van der Waals surface area contributed by atoms with E-state index in [9.17, 15) is 30.0 Å². The normalized spacial score (nSPS) is 24.5. The lowest BCUT2D eigenvalue weighted by Gasteiger charge is -2.38. The Hall–Kier alpha value is -3.71. The molecular formula is C25H29N3O9. The van der Waals surface area contributed by atoms with Crippen LogP contribution in [0.5, 0.6) is 11.5 Å². The molecule has 0 spiro atoms. The molecule has 1 aromatic heterocycles. The number of nitrogens with two attached hydrogens (primary N) is 1. The number of aromatic nitrogens is 2. The molecule has 0 radical (unpaired) electrons. The van der Waals surface area contributed by atoms with Gasteiger partial charge in [0.05, 0.1) is 11.0 Å². The van der Waals surface area contributed by atoms with Gasteiger partial charge in [-0.15, -0.1) is 0 Å². The minimum atomic E-state index is -1.80. The number of nitrogens with zero attached hydrogens (tertiary/aromatic N) is 2. The number of carboxylic acid groups (broad SMARTS) is 1. The highest BCUT2D eigenvalue weighted by Crippen LogP contribution is 2.27. The van der Waals surface area contributed by atoms with E-state index in [2.05, 4.69) is 4.98 Å². The Bertz CT molecular complexity index is 1280. The van der Waals surface area contributed by atoms with Crippen molar-refractivity contribution in [1.82, 2.24) is 9.55 Å². The van der Waals surface area contributed by atoms with Crippen LogP contribution in [-0.4, -0.2) is 72.6 Å². The zero-order chi connectivity index (χ0) is 26.9. The number of carboxylic acids is 1. The summed E-state index contributed by atoms with van der Waals surface area (Å²) in [6.07, 6.45) is -7.95. The zero-order valence-corrected chi connectivity index (χ0v) is 20.2. The number of aryl methyl sites for hydroxylation is 1. The van der Waals surface area contributed by atoms with Crippen molar-refractivity contribution >= 4 is 22.9 Å². The molecule has 6 N–H and O–H groups in total. The third kappa shape index (κ3) is 5.67. The molecular weight excluding hydrogens is 486 g/mol. The third-order valence-electron chi connectivity index (χ3n) is 6.33. The van der Waals surface area contributed by atoms with Gasteiger partial charge in [-0.25, -0.2) is 9.78 Å². The molecule has 0 aliphatic carbocycles. The number of aliphatic hydroxyl groups excluding tert-OH is 3. The topological polar surface area (TPSA) is 187 Å². The first kappa shape index (κ1) is 26.4. The van der Waals surface area contributed by atoms with Gasteiger partial charge in [0.2, 0.25) is 12.2 Å². The van der Waals surface area contributed by atoms with Gasteiger partial charge in [-0.1, -0.05) is 19.1 Å². The Morgan fingerprint density at radius 1 is 1.08 bits per heavy atom. The molecule has 4 rings (SSSR count). The Balaban J connectivity index is 1.44. The number of carbonyl (C=O) groups excluding carboxylic acids is 1. The number of hydrogen-bond acceptors (Lipinski definition) is 9. The highest BCUT2D eigenvalue weighted by Gasteiger charge is 2.48. The number of amides is 1. The van der Waals surface area contributed by atoms with E-state index in [1.54, 1.807) is 36.7 Å². The predicted octanol–water partition coefficient (Wildman–Crippen LogP) is 0.0872. The van der Waals surface area contributed by atoms with Crippen molar-refractivity contribution in [3.05, 3.63) is 53.9 Å². The molecule has 198 valence electrons. The summed E-state index contributed by atoms with van der Waals surface area (Å²) in [7, 11) is 1.79. The second kappa shape index (κ2) is 10.7. The van der Waals surface area contributed by atoms with E-state index in [-0.39, 0.29) is 24.2 Å². The molecule has 12 nitrogen and oxygen atoms in total. The van der Waals surface area contributed by atoms with Gasteiger partial charge in [-0.2, -0.15) is 0 Å². The van der Waals surface area contributed by atoms with E-state index < -0.39 is 36.7 Å². The van der Waals surface area contributed by atoms with Crippen molar-refractivity contribution in [3.63, 3.8) is 0 Å². The van der Waals surface area contributed by atoms with Gasteiger partial charge >= 0.3 is 5.97 Å². The number of ether oxygens (including phenoxy) is 3. The maximum atomic E-state index is 11.3. The number of carbonyl (C=O) groups is 2. The lowest BCUT2D eigenvalue weighted by atomic mass is 9.99. The van der Waals surface area contributed by atoms with E-state index in [0.717, 1.165) is 5.56 Å². The molecule has 12 heteroatoms. The molecule has 37 heavy (non-hydrogen) atoms. The average Bonchev–Trinajstić information content (AvgIpc) is 3.18. The van der Waals surface area contributed by atoms with Gasteiger partial charge in [0, 0.05) is 19.0 Å². The van der Waals surface area contributed by atoms with Crippen LogP contribution in [0.1, 0.15) is 18.3 Å². The summed E-state index contributed by atoms with van der Waals surface area (Å²) in [4.78, 5) is 27.1. The van der Waals surface area contributed by atoms with Gasteiger partial charge in [0.15, 0.2) is 6.10 Å². The second-order valence-corrected chi connectivity index (χ2v) is 9.03. The molecule has 1 fully saturated rings. The standard InChI is InChI=1S/C25H29N3O9/c1-12(23(26)32)9-13-3-5-14(6-4-13)35-11-18-27-16-8-7-15(10-17(16)28(18)2)36-25-21(31)19(29)20(30)22(37-25)24(33)34/h3-8,10,12,19-22,25,29-31H,9,11H2,1-2H3,(H2,26,32)(H,33,34)/t12?,19-,20+,21?,22?,25-/m1/s1.